The predicted molar refractivity (Wildman–Crippen MR) is 96.0 cm³/mol. The van der Waals surface area contributed by atoms with Crippen LogP contribution in [-0.2, 0) is 0 Å². The Kier molecular flexibility index (Phi) is 3.65. The zero-order valence-corrected chi connectivity index (χ0v) is 13.6. The molecule has 0 fully saturated rings. The minimum absolute atomic E-state index is 0.159. The number of carbonyl (C=O) groups excluding carboxylic acids is 1. The van der Waals surface area contributed by atoms with Crippen LogP contribution in [0.1, 0.15) is 15.9 Å². The standard InChI is InChI=1S/C21H15FN2O/c1-14-7-12-18-19(13-14)24(21(25)16-5-3-2-4-6-16)20(23-18)15-8-10-17(22)11-9-15/h2-13H,1H3. The molecule has 0 atom stereocenters. The molecular formula is C21H15FN2O. The maximum Gasteiger partial charge on any atom is 0.264 e. The molecule has 4 aromatic rings. The van der Waals surface area contributed by atoms with Crippen molar-refractivity contribution in [2.24, 2.45) is 0 Å². The summed E-state index contributed by atoms with van der Waals surface area (Å²) >= 11 is 0. The van der Waals surface area contributed by atoms with Crippen molar-refractivity contribution in [3.8, 4) is 11.4 Å². The molecule has 0 N–H and O–H groups in total. The van der Waals surface area contributed by atoms with Crippen LogP contribution in [0.5, 0.6) is 0 Å². The fourth-order valence-corrected chi connectivity index (χ4v) is 2.89. The Morgan fingerprint density at radius 2 is 1.68 bits per heavy atom. The Hall–Kier alpha value is -3.27. The second-order valence-electron chi connectivity index (χ2n) is 5.94. The van der Waals surface area contributed by atoms with Crippen molar-refractivity contribution < 1.29 is 9.18 Å². The molecule has 0 bridgehead atoms. The van der Waals surface area contributed by atoms with Crippen LogP contribution in [0, 0.1) is 12.7 Å². The van der Waals surface area contributed by atoms with Crippen molar-refractivity contribution in [2.75, 3.05) is 0 Å². The molecule has 4 rings (SSSR count). The maximum atomic E-state index is 13.3. The van der Waals surface area contributed by atoms with Crippen LogP contribution in [0.15, 0.2) is 72.8 Å². The van der Waals surface area contributed by atoms with Crippen molar-refractivity contribution in [3.05, 3.63) is 89.7 Å². The van der Waals surface area contributed by atoms with Crippen LogP contribution in [0.2, 0.25) is 0 Å². The summed E-state index contributed by atoms with van der Waals surface area (Å²) in [5.41, 5.74) is 3.79. The van der Waals surface area contributed by atoms with Gasteiger partial charge in [0, 0.05) is 11.1 Å². The van der Waals surface area contributed by atoms with Crippen LogP contribution in [0.4, 0.5) is 4.39 Å². The van der Waals surface area contributed by atoms with Crippen molar-refractivity contribution in [1.29, 1.82) is 0 Å². The molecule has 0 aliphatic heterocycles. The molecule has 1 heterocycles. The van der Waals surface area contributed by atoms with Gasteiger partial charge in [-0.1, -0.05) is 24.3 Å². The summed E-state index contributed by atoms with van der Waals surface area (Å²) in [7, 11) is 0. The molecule has 3 aromatic carbocycles. The molecule has 0 aliphatic carbocycles. The van der Waals surface area contributed by atoms with Crippen molar-refractivity contribution in [2.45, 2.75) is 6.92 Å². The highest BCUT2D eigenvalue weighted by Gasteiger charge is 2.19. The third kappa shape index (κ3) is 2.72. The van der Waals surface area contributed by atoms with Crippen LogP contribution in [0.25, 0.3) is 22.4 Å². The predicted octanol–water partition coefficient (Wildman–Crippen LogP) is 4.84. The summed E-state index contributed by atoms with van der Waals surface area (Å²) in [6.45, 7) is 1.97. The van der Waals surface area contributed by atoms with E-state index in [1.165, 1.54) is 12.1 Å². The normalized spacial score (nSPS) is 11.0. The van der Waals surface area contributed by atoms with Gasteiger partial charge in [-0.25, -0.2) is 9.37 Å². The monoisotopic (exact) mass is 330 g/mol. The number of imidazole rings is 1. The molecule has 0 saturated carbocycles. The van der Waals surface area contributed by atoms with E-state index in [0.717, 1.165) is 16.6 Å². The van der Waals surface area contributed by atoms with Crippen molar-refractivity contribution >= 4 is 16.9 Å². The van der Waals surface area contributed by atoms with Crippen molar-refractivity contribution in [3.63, 3.8) is 0 Å². The molecule has 4 heteroatoms. The van der Waals surface area contributed by atoms with E-state index in [4.69, 9.17) is 0 Å². The summed E-state index contributed by atoms with van der Waals surface area (Å²) in [5.74, 6) is 0.0270. The van der Waals surface area contributed by atoms with Crippen LogP contribution < -0.4 is 0 Å². The van der Waals surface area contributed by atoms with E-state index < -0.39 is 0 Å². The number of aromatic nitrogens is 2. The number of fused-ring (bicyclic) bond motifs is 1. The van der Waals surface area contributed by atoms with E-state index in [9.17, 15) is 9.18 Å². The molecule has 0 amide bonds. The Morgan fingerprint density at radius 3 is 2.40 bits per heavy atom. The van der Waals surface area contributed by atoms with Crippen LogP contribution in [0.3, 0.4) is 0 Å². The average molecular weight is 330 g/mol. The molecule has 1 aromatic heterocycles. The summed E-state index contributed by atoms with van der Waals surface area (Å²) in [5, 5.41) is 0. The number of carbonyl (C=O) groups is 1. The molecule has 0 aliphatic rings. The van der Waals surface area contributed by atoms with Gasteiger partial charge in [-0.15, -0.1) is 0 Å². The number of rotatable bonds is 2. The van der Waals surface area contributed by atoms with E-state index in [1.807, 2.05) is 43.3 Å². The minimum Gasteiger partial charge on any atom is -0.268 e. The highest BCUT2D eigenvalue weighted by molar-refractivity contribution is 6.04. The average Bonchev–Trinajstić information content (AvgIpc) is 3.01. The van der Waals surface area contributed by atoms with Crippen LogP contribution >= 0.6 is 0 Å². The van der Waals surface area contributed by atoms with Gasteiger partial charge in [0.25, 0.3) is 5.91 Å². The zero-order chi connectivity index (χ0) is 17.4. The summed E-state index contributed by atoms with van der Waals surface area (Å²) in [4.78, 5) is 17.8. The second kappa shape index (κ2) is 5.98. The number of hydrogen-bond acceptors (Lipinski definition) is 2. The lowest BCUT2D eigenvalue weighted by Crippen LogP contribution is -2.13. The minimum atomic E-state index is -0.323. The molecule has 0 unspecified atom stereocenters. The fraction of sp³-hybridized carbons (Fsp3) is 0.0476. The molecular weight excluding hydrogens is 315 g/mol. The van der Waals surface area contributed by atoms with E-state index in [2.05, 4.69) is 4.98 Å². The third-order valence-electron chi connectivity index (χ3n) is 4.14. The van der Waals surface area contributed by atoms with E-state index >= 15 is 0 Å². The Bertz CT molecular complexity index is 1070. The van der Waals surface area contributed by atoms with Crippen LogP contribution in [-0.4, -0.2) is 15.5 Å². The molecule has 3 nitrogen and oxygen atoms in total. The lowest BCUT2D eigenvalue weighted by atomic mass is 10.1. The lowest BCUT2D eigenvalue weighted by molar-refractivity contribution is 0.0966. The van der Waals surface area contributed by atoms with Gasteiger partial charge >= 0.3 is 0 Å². The molecule has 122 valence electrons. The lowest BCUT2D eigenvalue weighted by Gasteiger charge is -2.08. The van der Waals surface area contributed by atoms with Gasteiger partial charge in [0.05, 0.1) is 11.0 Å². The molecule has 0 saturated heterocycles. The number of aryl methyl sites for hydroxylation is 1. The van der Waals surface area contributed by atoms with E-state index in [1.54, 1.807) is 28.8 Å². The second-order valence-corrected chi connectivity index (χ2v) is 5.94. The van der Waals surface area contributed by atoms with Crippen molar-refractivity contribution in [1.82, 2.24) is 9.55 Å². The SMILES string of the molecule is Cc1ccc2nc(-c3ccc(F)cc3)n(C(=O)c3ccccc3)c2c1. The third-order valence-corrected chi connectivity index (χ3v) is 4.14. The van der Waals surface area contributed by atoms with Gasteiger partial charge in [0.2, 0.25) is 0 Å². The summed E-state index contributed by atoms with van der Waals surface area (Å²) < 4.78 is 14.9. The van der Waals surface area contributed by atoms with Gasteiger partial charge in [-0.05, 0) is 61.0 Å². The highest BCUT2D eigenvalue weighted by Crippen LogP contribution is 2.27. The Balaban J connectivity index is 1.99. The Morgan fingerprint density at radius 1 is 0.960 bits per heavy atom. The maximum absolute atomic E-state index is 13.3. The van der Waals surface area contributed by atoms with Gasteiger partial charge < -0.3 is 0 Å². The van der Waals surface area contributed by atoms with Gasteiger partial charge in [-0.2, -0.15) is 0 Å². The fourth-order valence-electron chi connectivity index (χ4n) is 2.89. The first-order valence-corrected chi connectivity index (χ1v) is 7.98. The number of hydrogen-bond donors (Lipinski definition) is 0. The van der Waals surface area contributed by atoms with Gasteiger partial charge in [-0.3, -0.25) is 9.36 Å². The smallest absolute Gasteiger partial charge is 0.264 e. The first-order chi connectivity index (χ1) is 12.1. The first kappa shape index (κ1) is 15.3. The largest absolute Gasteiger partial charge is 0.268 e. The number of benzene rings is 3. The van der Waals surface area contributed by atoms with E-state index in [0.29, 0.717) is 17.0 Å². The summed E-state index contributed by atoms with van der Waals surface area (Å²) in [6, 6.07) is 20.9. The van der Waals surface area contributed by atoms with E-state index in [-0.39, 0.29) is 11.7 Å². The zero-order valence-electron chi connectivity index (χ0n) is 13.6. The van der Waals surface area contributed by atoms with Gasteiger partial charge in [0.1, 0.15) is 11.6 Å². The Labute approximate surface area is 144 Å². The first-order valence-electron chi connectivity index (χ1n) is 7.98. The summed E-state index contributed by atoms with van der Waals surface area (Å²) in [6.07, 6.45) is 0. The topological polar surface area (TPSA) is 34.9 Å². The number of halogens is 1. The highest BCUT2D eigenvalue weighted by atomic mass is 19.1. The molecule has 0 spiro atoms. The molecule has 0 radical (unpaired) electrons. The van der Waals surface area contributed by atoms with Gasteiger partial charge in [0.15, 0.2) is 0 Å². The quantitative estimate of drug-likeness (QED) is 0.527. The number of nitrogens with zero attached hydrogens (tertiary/aromatic N) is 2. The molecule has 25 heavy (non-hydrogen) atoms.